The van der Waals surface area contributed by atoms with E-state index in [0.717, 1.165) is 27.6 Å². The van der Waals surface area contributed by atoms with Gasteiger partial charge in [-0.05, 0) is 24.3 Å². The minimum absolute atomic E-state index is 0.184. The molecule has 3 heterocycles. The second-order valence-electron chi connectivity index (χ2n) is 10.9. The number of rotatable bonds is 6. The molecule has 0 saturated carbocycles. The van der Waals surface area contributed by atoms with E-state index in [1.807, 2.05) is 78.9 Å². The molecule has 224 valence electrons. The van der Waals surface area contributed by atoms with Gasteiger partial charge in [0.15, 0.2) is 0 Å². The first-order chi connectivity index (χ1) is 22.0. The Morgan fingerprint density at radius 2 is 1.33 bits per heavy atom. The van der Waals surface area contributed by atoms with Crippen molar-refractivity contribution in [3.63, 3.8) is 0 Å². The summed E-state index contributed by atoms with van der Waals surface area (Å²) in [6.45, 7) is 2.18. The molecule has 2 aromatic heterocycles. The summed E-state index contributed by atoms with van der Waals surface area (Å²) in [6.07, 6.45) is 0. The molecule has 6 aromatic rings. The van der Waals surface area contributed by atoms with Crippen molar-refractivity contribution >= 4 is 38.8 Å². The molecule has 0 atom stereocenters. The van der Waals surface area contributed by atoms with Gasteiger partial charge in [-0.2, -0.15) is 10.2 Å². The lowest BCUT2D eigenvalue weighted by Crippen LogP contribution is -2.37. The SMILES string of the molecule is Cn1nc(-c2ccc(N3CCOCC3)c(NC(=O)Cn3nc(-c4ccccc4)c4ccccc4c3=O)c2)c2ccccc2c1=O. The average Bonchev–Trinajstić information content (AvgIpc) is 3.08. The van der Waals surface area contributed by atoms with Crippen molar-refractivity contribution in [3.8, 4) is 22.5 Å². The number of hydrogen-bond acceptors (Lipinski definition) is 7. The fourth-order valence-electron chi connectivity index (χ4n) is 5.85. The van der Waals surface area contributed by atoms with Gasteiger partial charge in [0.05, 0.1) is 46.7 Å². The van der Waals surface area contributed by atoms with Gasteiger partial charge in [-0.15, -0.1) is 0 Å². The first-order valence-corrected chi connectivity index (χ1v) is 14.8. The zero-order chi connectivity index (χ0) is 30.9. The van der Waals surface area contributed by atoms with Gasteiger partial charge in [-0.3, -0.25) is 14.4 Å². The van der Waals surface area contributed by atoms with Crippen LogP contribution in [0.2, 0.25) is 0 Å². The highest BCUT2D eigenvalue weighted by Crippen LogP contribution is 2.34. The number of anilines is 2. The van der Waals surface area contributed by atoms with E-state index >= 15 is 0 Å². The molecule has 1 saturated heterocycles. The Morgan fingerprint density at radius 1 is 0.733 bits per heavy atom. The summed E-state index contributed by atoms with van der Waals surface area (Å²) in [6, 6.07) is 30.0. The van der Waals surface area contributed by atoms with Crippen molar-refractivity contribution in [3.05, 3.63) is 118 Å². The van der Waals surface area contributed by atoms with E-state index in [9.17, 15) is 14.4 Å². The van der Waals surface area contributed by atoms with E-state index in [4.69, 9.17) is 4.74 Å². The molecule has 45 heavy (non-hydrogen) atoms. The van der Waals surface area contributed by atoms with E-state index in [-0.39, 0.29) is 17.7 Å². The van der Waals surface area contributed by atoms with E-state index < -0.39 is 5.91 Å². The highest BCUT2D eigenvalue weighted by Gasteiger charge is 2.20. The maximum Gasteiger partial charge on any atom is 0.275 e. The van der Waals surface area contributed by atoms with Gasteiger partial charge in [-0.25, -0.2) is 9.36 Å². The molecule has 4 aromatic carbocycles. The molecule has 0 radical (unpaired) electrons. The third-order valence-electron chi connectivity index (χ3n) is 8.06. The molecule has 10 heteroatoms. The lowest BCUT2D eigenvalue weighted by Gasteiger charge is -2.31. The number of fused-ring (bicyclic) bond motifs is 2. The lowest BCUT2D eigenvalue weighted by atomic mass is 10.0. The molecule has 0 aliphatic carbocycles. The van der Waals surface area contributed by atoms with Crippen molar-refractivity contribution in [2.75, 3.05) is 36.5 Å². The molecular formula is C35H30N6O4. The Morgan fingerprint density at radius 3 is 2.02 bits per heavy atom. The number of ether oxygens (including phenoxy) is 1. The predicted molar refractivity (Wildman–Crippen MR) is 176 cm³/mol. The fourth-order valence-corrected chi connectivity index (χ4v) is 5.85. The van der Waals surface area contributed by atoms with E-state index in [1.54, 1.807) is 25.2 Å². The normalized spacial score (nSPS) is 13.3. The molecule has 7 rings (SSSR count). The first kappa shape index (κ1) is 28.2. The Kier molecular flexibility index (Phi) is 7.40. The van der Waals surface area contributed by atoms with Crippen LogP contribution in [0.15, 0.2) is 107 Å². The van der Waals surface area contributed by atoms with E-state index in [0.29, 0.717) is 54.2 Å². The number of carbonyl (C=O) groups is 1. The molecule has 1 amide bonds. The maximum atomic E-state index is 13.7. The minimum atomic E-state index is -0.399. The fraction of sp³-hybridized carbons (Fsp3) is 0.171. The maximum absolute atomic E-state index is 13.7. The zero-order valence-corrected chi connectivity index (χ0v) is 24.6. The van der Waals surface area contributed by atoms with Crippen LogP contribution in [-0.2, 0) is 23.1 Å². The Labute approximate surface area is 258 Å². The van der Waals surface area contributed by atoms with Gasteiger partial charge in [-0.1, -0.05) is 72.8 Å². The largest absolute Gasteiger partial charge is 0.378 e. The van der Waals surface area contributed by atoms with Gasteiger partial charge in [0, 0.05) is 42.0 Å². The number of aromatic nitrogens is 4. The first-order valence-electron chi connectivity index (χ1n) is 14.8. The van der Waals surface area contributed by atoms with Crippen molar-refractivity contribution in [2.24, 2.45) is 7.05 Å². The van der Waals surface area contributed by atoms with Gasteiger partial charge >= 0.3 is 0 Å². The number of nitrogens with zero attached hydrogens (tertiary/aromatic N) is 5. The molecule has 0 bridgehead atoms. The van der Waals surface area contributed by atoms with Crippen LogP contribution < -0.4 is 21.3 Å². The molecule has 0 spiro atoms. The molecule has 1 aliphatic rings. The van der Waals surface area contributed by atoms with Gasteiger partial charge in [0.2, 0.25) is 5.91 Å². The smallest absolute Gasteiger partial charge is 0.275 e. The lowest BCUT2D eigenvalue weighted by molar-refractivity contribution is -0.117. The highest BCUT2D eigenvalue weighted by molar-refractivity contribution is 5.99. The monoisotopic (exact) mass is 598 g/mol. The Bertz CT molecular complexity index is 2190. The summed E-state index contributed by atoms with van der Waals surface area (Å²) in [5.74, 6) is -0.399. The summed E-state index contributed by atoms with van der Waals surface area (Å²) >= 11 is 0. The third-order valence-corrected chi connectivity index (χ3v) is 8.06. The van der Waals surface area contributed by atoms with Gasteiger partial charge in [0.1, 0.15) is 6.54 Å². The number of aryl methyl sites for hydroxylation is 1. The number of benzene rings is 4. The summed E-state index contributed by atoms with van der Waals surface area (Å²) in [5.41, 5.74) is 3.70. The van der Waals surface area contributed by atoms with Crippen LogP contribution >= 0.6 is 0 Å². The Balaban J connectivity index is 1.29. The highest BCUT2D eigenvalue weighted by atomic mass is 16.5. The van der Waals surface area contributed by atoms with Crippen LogP contribution in [0.3, 0.4) is 0 Å². The standard InChI is InChI=1S/C35H30N6O4/c1-39-34(43)27-13-7-5-11-25(27)33(37-39)24-15-16-30(40-17-19-45-20-18-40)29(21-24)36-31(42)22-41-35(44)28-14-8-6-12-26(28)32(38-41)23-9-3-2-4-10-23/h2-16,21H,17-20,22H2,1H3,(H,36,42). The second kappa shape index (κ2) is 11.8. The molecular weight excluding hydrogens is 568 g/mol. The zero-order valence-electron chi connectivity index (χ0n) is 24.6. The number of morpholine rings is 1. The molecule has 10 nitrogen and oxygen atoms in total. The molecule has 1 N–H and O–H groups in total. The summed E-state index contributed by atoms with van der Waals surface area (Å²) in [7, 11) is 1.63. The third kappa shape index (κ3) is 5.36. The van der Waals surface area contributed by atoms with Crippen molar-refractivity contribution in [1.29, 1.82) is 0 Å². The Hall–Kier alpha value is -5.61. The van der Waals surface area contributed by atoms with Crippen LogP contribution in [0.4, 0.5) is 11.4 Å². The van der Waals surface area contributed by atoms with Crippen molar-refractivity contribution in [1.82, 2.24) is 19.6 Å². The van der Waals surface area contributed by atoms with Crippen LogP contribution in [0.1, 0.15) is 0 Å². The van der Waals surface area contributed by atoms with E-state index in [1.165, 1.54) is 9.36 Å². The van der Waals surface area contributed by atoms with Gasteiger partial charge in [0.25, 0.3) is 11.1 Å². The molecule has 0 unspecified atom stereocenters. The van der Waals surface area contributed by atoms with Gasteiger partial charge < -0.3 is 15.0 Å². The van der Waals surface area contributed by atoms with Crippen LogP contribution in [0.25, 0.3) is 44.1 Å². The number of hydrogen-bond donors (Lipinski definition) is 1. The predicted octanol–water partition coefficient (Wildman–Crippen LogP) is 4.45. The summed E-state index contributed by atoms with van der Waals surface area (Å²) < 4.78 is 8.11. The summed E-state index contributed by atoms with van der Waals surface area (Å²) in [4.78, 5) is 42.1. The number of nitrogens with one attached hydrogen (secondary N) is 1. The topological polar surface area (TPSA) is 111 Å². The second-order valence-corrected chi connectivity index (χ2v) is 10.9. The number of carbonyl (C=O) groups excluding carboxylic acids is 1. The van der Waals surface area contributed by atoms with E-state index in [2.05, 4.69) is 20.4 Å². The molecule has 1 aliphatic heterocycles. The van der Waals surface area contributed by atoms with Crippen LogP contribution in [-0.4, -0.2) is 51.8 Å². The summed E-state index contributed by atoms with van der Waals surface area (Å²) in [5, 5.41) is 14.8. The van der Waals surface area contributed by atoms with Crippen molar-refractivity contribution < 1.29 is 9.53 Å². The minimum Gasteiger partial charge on any atom is -0.378 e. The number of amides is 1. The molecule has 1 fully saturated rings. The quantitative estimate of drug-likeness (QED) is 0.302. The average molecular weight is 599 g/mol. The van der Waals surface area contributed by atoms with Crippen molar-refractivity contribution in [2.45, 2.75) is 6.54 Å². The van der Waals surface area contributed by atoms with Crippen LogP contribution in [0.5, 0.6) is 0 Å². The van der Waals surface area contributed by atoms with Crippen LogP contribution in [0, 0.1) is 0 Å².